The van der Waals surface area contributed by atoms with Crippen molar-refractivity contribution < 1.29 is 0 Å². The Morgan fingerprint density at radius 3 is 2.43 bits per heavy atom. The highest BCUT2D eigenvalue weighted by molar-refractivity contribution is 9.10. The maximum atomic E-state index is 11.5. The largest absolute Gasteiger partial charge is 0.323 e. The molecule has 1 aromatic carbocycles. The van der Waals surface area contributed by atoms with Crippen LogP contribution < -0.4 is 11.0 Å². The number of halogens is 1. The van der Waals surface area contributed by atoms with E-state index in [0.717, 1.165) is 15.5 Å². The highest BCUT2D eigenvalue weighted by Gasteiger charge is 2.36. The molecule has 1 aliphatic carbocycles. The van der Waals surface area contributed by atoms with Gasteiger partial charge in [0.15, 0.2) is 0 Å². The second-order valence-corrected chi connectivity index (χ2v) is 7.29. The van der Waals surface area contributed by atoms with Crippen LogP contribution in [0.4, 0.5) is 0 Å². The van der Waals surface area contributed by atoms with Gasteiger partial charge in [-0.2, -0.15) is 0 Å². The lowest BCUT2D eigenvalue weighted by atomic mass is 9.68. The van der Waals surface area contributed by atoms with Crippen LogP contribution in [0.25, 0.3) is 11.0 Å². The maximum absolute atomic E-state index is 11.5. The summed E-state index contributed by atoms with van der Waals surface area (Å²) in [7, 11) is 2.03. The molecule has 2 aromatic rings. The van der Waals surface area contributed by atoms with Gasteiger partial charge < -0.3 is 15.3 Å². The van der Waals surface area contributed by atoms with Crippen molar-refractivity contribution in [3.8, 4) is 0 Å². The van der Waals surface area contributed by atoms with Crippen LogP contribution >= 0.6 is 15.9 Å². The minimum absolute atomic E-state index is 0.154. The Morgan fingerprint density at radius 1 is 1.19 bits per heavy atom. The fourth-order valence-electron chi connectivity index (χ4n) is 3.82. The summed E-state index contributed by atoms with van der Waals surface area (Å²) in [6.45, 7) is 2.38. The fraction of sp³-hybridized carbons (Fsp3) is 0.562. The molecule has 1 unspecified atom stereocenters. The van der Waals surface area contributed by atoms with Gasteiger partial charge in [0.05, 0.1) is 11.0 Å². The average molecular weight is 352 g/mol. The van der Waals surface area contributed by atoms with E-state index < -0.39 is 0 Å². The fourth-order valence-corrected chi connectivity index (χ4v) is 4.39. The van der Waals surface area contributed by atoms with Crippen LogP contribution in [-0.4, -0.2) is 17.0 Å². The van der Waals surface area contributed by atoms with Gasteiger partial charge in [0.1, 0.15) is 0 Å². The smallest absolute Gasteiger partial charge is 0.313 e. The quantitative estimate of drug-likeness (QED) is 0.786. The number of hydrogen-bond acceptors (Lipinski definition) is 2. The van der Waals surface area contributed by atoms with E-state index in [9.17, 15) is 4.79 Å². The minimum atomic E-state index is -0.154. The summed E-state index contributed by atoms with van der Waals surface area (Å²) in [5, 5.41) is 3.51. The van der Waals surface area contributed by atoms with Gasteiger partial charge in [-0.25, -0.2) is 4.79 Å². The molecule has 0 spiro atoms. The minimum Gasteiger partial charge on any atom is -0.313 e. The molecule has 5 heteroatoms. The van der Waals surface area contributed by atoms with Crippen LogP contribution in [0.5, 0.6) is 0 Å². The Bertz CT molecular complexity index is 697. The Hall–Kier alpha value is -1.07. The van der Waals surface area contributed by atoms with Gasteiger partial charge in [-0.05, 0) is 43.0 Å². The third-order valence-electron chi connectivity index (χ3n) is 4.93. The third kappa shape index (κ3) is 2.69. The van der Waals surface area contributed by atoms with Crippen molar-refractivity contribution >= 4 is 27.0 Å². The number of H-pyrrole nitrogens is 2. The van der Waals surface area contributed by atoms with Crippen molar-refractivity contribution in [3.63, 3.8) is 0 Å². The van der Waals surface area contributed by atoms with Gasteiger partial charge in [-0.15, -0.1) is 0 Å². The van der Waals surface area contributed by atoms with Crippen LogP contribution in [0, 0.1) is 5.41 Å². The zero-order valence-corrected chi connectivity index (χ0v) is 14.1. The summed E-state index contributed by atoms with van der Waals surface area (Å²) < 4.78 is 1.05. The molecule has 1 heterocycles. The molecule has 0 bridgehead atoms. The van der Waals surface area contributed by atoms with Crippen molar-refractivity contribution in [1.82, 2.24) is 15.3 Å². The van der Waals surface area contributed by atoms with Gasteiger partial charge in [0.2, 0.25) is 0 Å². The monoisotopic (exact) mass is 351 g/mol. The molecule has 4 nitrogen and oxygen atoms in total. The molecule has 3 rings (SSSR count). The first kappa shape index (κ1) is 14.9. The van der Waals surface area contributed by atoms with E-state index in [-0.39, 0.29) is 17.1 Å². The SMILES string of the molecule is CNC(c1cc2[nH]c(=O)[nH]c2cc1Br)C1(C)CCCCC1. The van der Waals surface area contributed by atoms with Crippen molar-refractivity contribution in [2.45, 2.75) is 45.1 Å². The van der Waals surface area contributed by atoms with Crippen LogP contribution in [0.15, 0.2) is 21.4 Å². The second kappa shape index (κ2) is 5.61. The third-order valence-corrected chi connectivity index (χ3v) is 5.61. The molecule has 1 atom stereocenters. The number of hydrogen-bond donors (Lipinski definition) is 3. The summed E-state index contributed by atoms with van der Waals surface area (Å²) in [4.78, 5) is 17.1. The summed E-state index contributed by atoms with van der Waals surface area (Å²) in [6.07, 6.45) is 6.43. The maximum Gasteiger partial charge on any atom is 0.323 e. The van der Waals surface area contributed by atoms with Gasteiger partial charge in [-0.1, -0.05) is 42.1 Å². The number of fused-ring (bicyclic) bond motifs is 1. The van der Waals surface area contributed by atoms with Gasteiger partial charge in [0.25, 0.3) is 0 Å². The second-order valence-electron chi connectivity index (χ2n) is 6.43. The molecular weight excluding hydrogens is 330 g/mol. The molecule has 1 fully saturated rings. The zero-order chi connectivity index (χ0) is 15.0. The molecule has 3 N–H and O–H groups in total. The number of benzene rings is 1. The van der Waals surface area contributed by atoms with E-state index in [2.05, 4.69) is 44.2 Å². The van der Waals surface area contributed by atoms with Gasteiger partial charge in [0, 0.05) is 10.5 Å². The molecule has 1 aromatic heterocycles. The summed E-state index contributed by atoms with van der Waals surface area (Å²) in [5.41, 5.74) is 3.06. The number of rotatable bonds is 3. The van der Waals surface area contributed by atoms with E-state index >= 15 is 0 Å². The van der Waals surface area contributed by atoms with Crippen molar-refractivity contribution in [1.29, 1.82) is 0 Å². The van der Waals surface area contributed by atoms with E-state index in [1.165, 1.54) is 37.7 Å². The highest BCUT2D eigenvalue weighted by atomic mass is 79.9. The predicted molar refractivity (Wildman–Crippen MR) is 89.6 cm³/mol. The molecule has 0 radical (unpaired) electrons. The number of imidazole rings is 1. The highest BCUT2D eigenvalue weighted by Crippen LogP contribution is 2.47. The first-order valence-electron chi connectivity index (χ1n) is 7.62. The summed E-state index contributed by atoms with van der Waals surface area (Å²) in [5.74, 6) is 0. The number of nitrogens with one attached hydrogen (secondary N) is 3. The molecule has 114 valence electrons. The van der Waals surface area contributed by atoms with E-state index in [1.807, 2.05) is 13.1 Å². The Balaban J connectivity index is 2.07. The van der Waals surface area contributed by atoms with E-state index in [4.69, 9.17) is 0 Å². The Morgan fingerprint density at radius 2 is 1.81 bits per heavy atom. The molecule has 0 saturated heterocycles. The van der Waals surface area contributed by atoms with Gasteiger partial charge in [-0.3, -0.25) is 0 Å². The Kier molecular flexibility index (Phi) is 3.97. The molecule has 1 aliphatic rings. The standard InChI is InChI=1S/C16H22BrN3O/c1-16(6-4-3-5-7-16)14(18-2)10-8-12-13(9-11(10)17)20-15(21)19-12/h8-9,14,18H,3-7H2,1-2H3,(H2,19,20,21). The summed E-state index contributed by atoms with van der Waals surface area (Å²) in [6, 6.07) is 4.38. The number of aromatic amines is 2. The first-order valence-corrected chi connectivity index (χ1v) is 8.41. The topological polar surface area (TPSA) is 60.7 Å². The zero-order valence-electron chi connectivity index (χ0n) is 12.6. The number of aromatic nitrogens is 2. The molecule has 1 saturated carbocycles. The molecule has 0 amide bonds. The van der Waals surface area contributed by atoms with Crippen LogP contribution in [-0.2, 0) is 0 Å². The first-order chi connectivity index (χ1) is 10.0. The molecular formula is C16H22BrN3O. The lowest BCUT2D eigenvalue weighted by Gasteiger charge is -2.41. The lowest BCUT2D eigenvalue weighted by molar-refractivity contribution is 0.150. The average Bonchev–Trinajstić information content (AvgIpc) is 2.79. The predicted octanol–water partition coefficient (Wildman–Crippen LogP) is 3.85. The van der Waals surface area contributed by atoms with Crippen molar-refractivity contribution in [3.05, 3.63) is 32.7 Å². The van der Waals surface area contributed by atoms with Crippen molar-refractivity contribution in [2.75, 3.05) is 7.05 Å². The van der Waals surface area contributed by atoms with Crippen LogP contribution in [0.1, 0.15) is 50.6 Å². The lowest BCUT2D eigenvalue weighted by Crippen LogP contribution is -2.36. The van der Waals surface area contributed by atoms with Gasteiger partial charge >= 0.3 is 5.69 Å². The molecule has 0 aliphatic heterocycles. The normalized spacial score (nSPS) is 19.8. The molecule has 21 heavy (non-hydrogen) atoms. The van der Waals surface area contributed by atoms with E-state index in [1.54, 1.807) is 0 Å². The van der Waals surface area contributed by atoms with Crippen molar-refractivity contribution in [2.24, 2.45) is 5.41 Å². The van der Waals surface area contributed by atoms with Crippen LogP contribution in [0.3, 0.4) is 0 Å². The van der Waals surface area contributed by atoms with E-state index in [0.29, 0.717) is 0 Å². The van der Waals surface area contributed by atoms with Crippen LogP contribution in [0.2, 0.25) is 0 Å². The Labute approximate surface area is 132 Å². The summed E-state index contributed by atoms with van der Waals surface area (Å²) >= 11 is 3.68.